The molecule has 122 valence electrons. The van der Waals surface area contributed by atoms with Gasteiger partial charge in [0, 0.05) is 62.4 Å². The van der Waals surface area contributed by atoms with Crippen LogP contribution in [0.2, 0.25) is 0 Å². The number of aromatic carboxylic acids is 1. The van der Waals surface area contributed by atoms with Crippen LogP contribution in [0.4, 0.5) is 0 Å². The number of aromatic nitrogens is 1. The molecular formula is C18H22N2O3. The van der Waals surface area contributed by atoms with Gasteiger partial charge in [0.1, 0.15) is 0 Å². The van der Waals surface area contributed by atoms with Crippen molar-refractivity contribution < 1.29 is 14.6 Å². The van der Waals surface area contributed by atoms with E-state index in [1.54, 1.807) is 6.07 Å². The largest absolute Gasteiger partial charge is 0.478 e. The number of hydrogen-bond donors (Lipinski definition) is 1. The lowest BCUT2D eigenvalue weighted by atomic mass is 9.99. The molecule has 0 amide bonds. The summed E-state index contributed by atoms with van der Waals surface area (Å²) < 4.78 is 7.71. The van der Waals surface area contributed by atoms with Crippen molar-refractivity contribution in [3.63, 3.8) is 0 Å². The topological polar surface area (TPSA) is 54.7 Å². The fourth-order valence-electron chi connectivity index (χ4n) is 4.10. The molecule has 0 atom stereocenters. The Labute approximate surface area is 135 Å². The second kappa shape index (κ2) is 5.65. The molecule has 2 aliphatic rings. The summed E-state index contributed by atoms with van der Waals surface area (Å²) in [6.45, 7) is 3.70. The Morgan fingerprint density at radius 3 is 2.83 bits per heavy atom. The number of carboxylic acid groups (broad SMARTS) is 1. The Hall–Kier alpha value is -1.85. The number of benzene rings is 1. The molecule has 3 heterocycles. The monoisotopic (exact) mass is 314 g/mol. The molecule has 1 saturated heterocycles. The molecule has 2 aromatic rings. The summed E-state index contributed by atoms with van der Waals surface area (Å²) >= 11 is 0. The highest BCUT2D eigenvalue weighted by Crippen LogP contribution is 2.32. The molecule has 1 N–H and O–H groups in total. The maximum atomic E-state index is 11.3. The molecule has 1 aromatic heterocycles. The summed E-state index contributed by atoms with van der Waals surface area (Å²) in [7, 11) is 2.09. The van der Waals surface area contributed by atoms with E-state index in [-0.39, 0.29) is 0 Å². The van der Waals surface area contributed by atoms with E-state index in [1.165, 1.54) is 11.3 Å². The summed E-state index contributed by atoms with van der Waals surface area (Å²) in [4.78, 5) is 13.9. The van der Waals surface area contributed by atoms with E-state index in [4.69, 9.17) is 4.74 Å². The van der Waals surface area contributed by atoms with Gasteiger partial charge >= 0.3 is 5.97 Å². The highest BCUT2D eigenvalue weighted by molar-refractivity contribution is 5.95. The second-order valence-corrected chi connectivity index (χ2v) is 6.59. The average Bonchev–Trinajstić information content (AvgIpc) is 2.87. The van der Waals surface area contributed by atoms with Crippen molar-refractivity contribution in [1.82, 2.24) is 9.47 Å². The van der Waals surface area contributed by atoms with Crippen LogP contribution in [-0.2, 0) is 24.8 Å². The lowest BCUT2D eigenvalue weighted by Gasteiger charge is -2.37. The summed E-state index contributed by atoms with van der Waals surface area (Å²) in [5, 5.41) is 10.4. The molecule has 0 saturated carbocycles. The molecule has 5 heteroatoms. The minimum Gasteiger partial charge on any atom is -0.478 e. The van der Waals surface area contributed by atoms with Crippen LogP contribution in [-0.4, -0.2) is 46.3 Å². The predicted molar refractivity (Wildman–Crippen MR) is 87.8 cm³/mol. The molecule has 23 heavy (non-hydrogen) atoms. The number of rotatable bonds is 2. The quantitative estimate of drug-likeness (QED) is 0.925. The van der Waals surface area contributed by atoms with Gasteiger partial charge in [-0.2, -0.15) is 0 Å². The Morgan fingerprint density at radius 2 is 2.09 bits per heavy atom. The zero-order chi connectivity index (χ0) is 16.0. The van der Waals surface area contributed by atoms with Gasteiger partial charge in [-0.3, -0.25) is 4.90 Å². The van der Waals surface area contributed by atoms with E-state index in [2.05, 4.69) is 16.5 Å². The van der Waals surface area contributed by atoms with E-state index < -0.39 is 5.97 Å². The van der Waals surface area contributed by atoms with Crippen molar-refractivity contribution in [2.24, 2.45) is 7.05 Å². The standard InChI is InChI=1S/C18H22N2O3/c1-19-16-3-2-12(18(21)22)10-14(16)15-11-20(7-4-17(15)19)13-5-8-23-9-6-13/h2-3,10,13H,4-9,11H2,1H3,(H,21,22). The number of ether oxygens (including phenoxy) is 1. The van der Waals surface area contributed by atoms with Crippen molar-refractivity contribution in [3.8, 4) is 0 Å². The Bertz CT molecular complexity index is 759. The van der Waals surface area contributed by atoms with Gasteiger partial charge in [0.2, 0.25) is 0 Å². The first-order chi connectivity index (χ1) is 11.1. The molecular weight excluding hydrogens is 292 g/mol. The molecule has 0 bridgehead atoms. The zero-order valence-electron chi connectivity index (χ0n) is 13.4. The number of hydrogen-bond acceptors (Lipinski definition) is 3. The number of aryl methyl sites for hydroxylation is 1. The Balaban J connectivity index is 1.73. The van der Waals surface area contributed by atoms with E-state index in [1.807, 2.05) is 12.1 Å². The van der Waals surface area contributed by atoms with Gasteiger partial charge in [-0.1, -0.05) is 0 Å². The normalized spacial score (nSPS) is 19.9. The SMILES string of the molecule is Cn1c2c(c3cc(C(=O)O)ccc31)CN(C1CCOCC1)CC2. The summed E-state index contributed by atoms with van der Waals surface area (Å²) in [5.74, 6) is -0.860. The van der Waals surface area contributed by atoms with E-state index in [9.17, 15) is 9.90 Å². The van der Waals surface area contributed by atoms with Crippen molar-refractivity contribution in [2.45, 2.75) is 31.8 Å². The van der Waals surface area contributed by atoms with E-state index in [0.717, 1.165) is 56.5 Å². The van der Waals surface area contributed by atoms with Gasteiger partial charge in [0.25, 0.3) is 0 Å². The molecule has 4 rings (SSSR count). The molecule has 0 radical (unpaired) electrons. The minimum atomic E-state index is -0.860. The third kappa shape index (κ3) is 2.44. The lowest BCUT2D eigenvalue weighted by molar-refractivity contribution is 0.0289. The fraction of sp³-hybridized carbons (Fsp3) is 0.500. The number of fused-ring (bicyclic) bond motifs is 3. The van der Waals surface area contributed by atoms with Crippen LogP contribution in [0.25, 0.3) is 10.9 Å². The maximum Gasteiger partial charge on any atom is 0.335 e. The van der Waals surface area contributed by atoms with Gasteiger partial charge in [0.15, 0.2) is 0 Å². The van der Waals surface area contributed by atoms with Gasteiger partial charge < -0.3 is 14.4 Å². The second-order valence-electron chi connectivity index (χ2n) is 6.59. The predicted octanol–water partition coefficient (Wildman–Crippen LogP) is 2.41. The fourth-order valence-corrected chi connectivity index (χ4v) is 4.10. The third-order valence-corrected chi connectivity index (χ3v) is 5.39. The lowest BCUT2D eigenvalue weighted by Crippen LogP contribution is -2.42. The number of nitrogens with zero attached hydrogens (tertiary/aromatic N) is 2. The Morgan fingerprint density at radius 1 is 1.30 bits per heavy atom. The van der Waals surface area contributed by atoms with Crippen molar-refractivity contribution >= 4 is 16.9 Å². The number of carboxylic acids is 1. The maximum absolute atomic E-state index is 11.3. The van der Waals surface area contributed by atoms with Crippen LogP contribution < -0.4 is 0 Å². The van der Waals surface area contributed by atoms with Crippen molar-refractivity contribution in [3.05, 3.63) is 35.0 Å². The van der Waals surface area contributed by atoms with Gasteiger partial charge in [0.05, 0.1) is 5.56 Å². The van der Waals surface area contributed by atoms with Crippen LogP contribution in [0, 0.1) is 0 Å². The average molecular weight is 314 g/mol. The van der Waals surface area contributed by atoms with E-state index >= 15 is 0 Å². The van der Waals surface area contributed by atoms with Gasteiger partial charge in [-0.25, -0.2) is 4.79 Å². The van der Waals surface area contributed by atoms with Crippen LogP contribution in [0.3, 0.4) is 0 Å². The first kappa shape index (κ1) is 14.7. The molecule has 1 fully saturated rings. The van der Waals surface area contributed by atoms with Crippen LogP contribution >= 0.6 is 0 Å². The van der Waals surface area contributed by atoms with E-state index in [0.29, 0.717) is 11.6 Å². The molecule has 1 aromatic carbocycles. The highest BCUT2D eigenvalue weighted by atomic mass is 16.5. The molecule has 2 aliphatic heterocycles. The first-order valence-corrected chi connectivity index (χ1v) is 8.30. The van der Waals surface area contributed by atoms with Crippen LogP contribution in [0.15, 0.2) is 18.2 Å². The van der Waals surface area contributed by atoms with Crippen LogP contribution in [0.1, 0.15) is 34.5 Å². The molecule has 0 unspecified atom stereocenters. The highest BCUT2D eigenvalue weighted by Gasteiger charge is 2.28. The third-order valence-electron chi connectivity index (χ3n) is 5.39. The zero-order valence-corrected chi connectivity index (χ0v) is 13.4. The molecule has 0 aliphatic carbocycles. The van der Waals surface area contributed by atoms with Crippen molar-refractivity contribution in [2.75, 3.05) is 19.8 Å². The summed E-state index contributed by atoms with van der Waals surface area (Å²) in [5.41, 5.74) is 4.16. The first-order valence-electron chi connectivity index (χ1n) is 8.30. The Kier molecular flexibility index (Phi) is 3.62. The van der Waals surface area contributed by atoms with Crippen LogP contribution in [0.5, 0.6) is 0 Å². The number of carbonyl (C=O) groups is 1. The van der Waals surface area contributed by atoms with Crippen molar-refractivity contribution in [1.29, 1.82) is 0 Å². The summed E-state index contributed by atoms with van der Waals surface area (Å²) in [6.07, 6.45) is 3.22. The minimum absolute atomic E-state index is 0.370. The molecule has 5 nitrogen and oxygen atoms in total. The van der Waals surface area contributed by atoms with Gasteiger partial charge in [-0.05, 0) is 36.6 Å². The summed E-state index contributed by atoms with van der Waals surface area (Å²) in [6, 6.07) is 6.07. The smallest absolute Gasteiger partial charge is 0.335 e. The van der Waals surface area contributed by atoms with Gasteiger partial charge in [-0.15, -0.1) is 0 Å². The molecule has 0 spiro atoms.